The minimum atomic E-state index is 0.116. The summed E-state index contributed by atoms with van der Waals surface area (Å²) in [5, 5.41) is 3.99. The summed E-state index contributed by atoms with van der Waals surface area (Å²) in [6.07, 6.45) is 2.85. The van der Waals surface area contributed by atoms with Crippen LogP contribution in [0.15, 0.2) is 28.8 Å². The Morgan fingerprint density at radius 1 is 1.12 bits per heavy atom. The van der Waals surface area contributed by atoms with Crippen molar-refractivity contribution in [2.75, 3.05) is 26.2 Å². The van der Waals surface area contributed by atoms with Crippen LogP contribution in [0.4, 0.5) is 0 Å². The van der Waals surface area contributed by atoms with E-state index in [4.69, 9.17) is 4.52 Å². The highest BCUT2D eigenvalue weighted by atomic mass is 16.5. The van der Waals surface area contributed by atoms with Crippen LogP contribution in [0.2, 0.25) is 0 Å². The van der Waals surface area contributed by atoms with Crippen LogP contribution in [0, 0.1) is 0 Å². The van der Waals surface area contributed by atoms with Gasteiger partial charge in [0.2, 0.25) is 5.89 Å². The lowest BCUT2D eigenvalue weighted by Gasteiger charge is -2.34. The Labute approximate surface area is 148 Å². The fourth-order valence-corrected chi connectivity index (χ4v) is 3.05. The minimum absolute atomic E-state index is 0.116. The molecular formula is C19H26N4O2. The number of aryl methyl sites for hydroxylation is 2. The van der Waals surface area contributed by atoms with Gasteiger partial charge in [-0.1, -0.05) is 31.1 Å². The van der Waals surface area contributed by atoms with Crippen molar-refractivity contribution in [1.29, 1.82) is 0 Å². The van der Waals surface area contributed by atoms with Gasteiger partial charge in [0.1, 0.15) is 0 Å². The second-order valence-corrected chi connectivity index (χ2v) is 6.47. The summed E-state index contributed by atoms with van der Waals surface area (Å²) in [6.45, 7) is 7.97. The minimum Gasteiger partial charge on any atom is -0.338 e. The molecule has 1 aliphatic heterocycles. The number of aromatic nitrogens is 2. The summed E-state index contributed by atoms with van der Waals surface area (Å²) in [7, 11) is 0. The molecule has 3 rings (SSSR count). The van der Waals surface area contributed by atoms with Gasteiger partial charge < -0.3 is 9.42 Å². The molecule has 0 atom stereocenters. The molecule has 0 radical (unpaired) electrons. The van der Waals surface area contributed by atoms with Gasteiger partial charge in [-0.2, -0.15) is 4.98 Å². The first-order chi connectivity index (χ1) is 12.2. The molecule has 0 spiro atoms. The molecule has 1 saturated heterocycles. The average Bonchev–Trinajstić information content (AvgIpc) is 3.09. The van der Waals surface area contributed by atoms with E-state index in [1.165, 1.54) is 5.56 Å². The SMILES string of the molecule is CCCc1noc(CN2CCN(C(=O)c3ccc(CC)cc3)CC2)n1. The first kappa shape index (κ1) is 17.6. The summed E-state index contributed by atoms with van der Waals surface area (Å²) in [6, 6.07) is 7.93. The van der Waals surface area contributed by atoms with E-state index in [0.29, 0.717) is 12.4 Å². The van der Waals surface area contributed by atoms with Gasteiger partial charge in [-0.3, -0.25) is 9.69 Å². The summed E-state index contributed by atoms with van der Waals surface area (Å²) >= 11 is 0. The van der Waals surface area contributed by atoms with Crippen LogP contribution >= 0.6 is 0 Å². The van der Waals surface area contributed by atoms with Gasteiger partial charge in [-0.05, 0) is 30.5 Å². The summed E-state index contributed by atoms with van der Waals surface area (Å²) < 4.78 is 5.30. The zero-order valence-corrected chi connectivity index (χ0v) is 15.1. The van der Waals surface area contributed by atoms with Gasteiger partial charge >= 0.3 is 0 Å². The van der Waals surface area contributed by atoms with Crippen molar-refractivity contribution in [2.45, 2.75) is 39.7 Å². The number of amides is 1. The number of nitrogens with zero attached hydrogens (tertiary/aromatic N) is 4. The van der Waals surface area contributed by atoms with Crippen LogP contribution in [-0.4, -0.2) is 52.0 Å². The van der Waals surface area contributed by atoms with Crippen molar-refractivity contribution < 1.29 is 9.32 Å². The number of hydrogen-bond acceptors (Lipinski definition) is 5. The lowest BCUT2D eigenvalue weighted by atomic mass is 10.1. The van der Waals surface area contributed by atoms with Crippen LogP contribution in [0.1, 0.15) is 47.9 Å². The van der Waals surface area contributed by atoms with Crippen LogP contribution in [0.25, 0.3) is 0 Å². The molecule has 0 bridgehead atoms. The topological polar surface area (TPSA) is 62.5 Å². The third-order valence-corrected chi connectivity index (χ3v) is 4.61. The Balaban J connectivity index is 1.51. The van der Waals surface area contributed by atoms with Crippen molar-refractivity contribution in [1.82, 2.24) is 19.9 Å². The Morgan fingerprint density at radius 2 is 1.84 bits per heavy atom. The highest BCUT2D eigenvalue weighted by molar-refractivity contribution is 5.94. The smallest absolute Gasteiger partial charge is 0.253 e. The normalized spacial score (nSPS) is 15.5. The summed E-state index contributed by atoms with van der Waals surface area (Å²) in [5.41, 5.74) is 2.02. The van der Waals surface area contributed by atoms with E-state index < -0.39 is 0 Å². The molecule has 1 fully saturated rings. The van der Waals surface area contributed by atoms with Crippen molar-refractivity contribution >= 4 is 5.91 Å². The molecule has 1 aliphatic rings. The van der Waals surface area contributed by atoms with Crippen molar-refractivity contribution in [3.8, 4) is 0 Å². The zero-order valence-electron chi connectivity index (χ0n) is 15.1. The maximum Gasteiger partial charge on any atom is 0.253 e. The first-order valence-electron chi connectivity index (χ1n) is 9.11. The third-order valence-electron chi connectivity index (χ3n) is 4.61. The Morgan fingerprint density at radius 3 is 2.48 bits per heavy atom. The molecular weight excluding hydrogens is 316 g/mol. The molecule has 0 unspecified atom stereocenters. The van der Waals surface area contributed by atoms with E-state index in [1.54, 1.807) is 0 Å². The standard InChI is InChI=1S/C19H26N4O2/c1-3-5-17-20-18(25-21-17)14-22-10-12-23(13-11-22)19(24)16-8-6-15(4-2)7-9-16/h6-9H,3-5,10-14H2,1-2H3. The molecule has 25 heavy (non-hydrogen) atoms. The average molecular weight is 342 g/mol. The maximum absolute atomic E-state index is 12.6. The van der Waals surface area contributed by atoms with E-state index in [1.807, 2.05) is 29.2 Å². The molecule has 2 heterocycles. The molecule has 134 valence electrons. The molecule has 6 heteroatoms. The Kier molecular flexibility index (Phi) is 5.81. The predicted octanol–water partition coefficient (Wildman–Crippen LogP) is 2.54. The highest BCUT2D eigenvalue weighted by Gasteiger charge is 2.23. The van der Waals surface area contributed by atoms with Gasteiger partial charge in [0.15, 0.2) is 5.82 Å². The van der Waals surface area contributed by atoms with E-state index in [9.17, 15) is 4.79 Å². The number of carbonyl (C=O) groups excluding carboxylic acids is 1. The monoisotopic (exact) mass is 342 g/mol. The van der Waals surface area contributed by atoms with E-state index in [2.05, 4.69) is 28.9 Å². The lowest BCUT2D eigenvalue weighted by Crippen LogP contribution is -2.48. The van der Waals surface area contributed by atoms with Gasteiger partial charge in [0.25, 0.3) is 5.91 Å². The molecule has 1 aromatic carbocycles. The molecule has 6 nitrogen and oxygen atoms in total. The van der Waals surface area contributed by atoms with Crippen LogP contribution in [0.3, 0.4) is 0 Å². The number of carbonyl (C=O) groups is 1. The number of benzene rings is 1. The molecule has 0 saturated carbocycles. The van der Waals surface area contributed by atoms with E-state index >= 15 is 0 Å². The molecule has 2 aromatic rings. The Hall–Kier alpha value is -2.21. The second kappa shape index (κ2) is 8.25. The van der Waals surface area contributed by atoms with Gasteiger partial charge in [-0.25, -0.2) is 0 Å². The first-order valence-corrected chi connectivity index (χ1v) is 9.11. The largest absolute Gasteiger partial charge is 0.338 e. The van der Waals surface area contributed by atoms with Crippen LogP contribution in [0.5, 0.6) is 0 Å². The van der Waals surface area contributed by atoms with Gasteiger partial charge in [-0.15, -0.1) is 0 Å². The van der Waals surface area contributed by atoms with Crippen LogP contribution in [-0.2, 0) is 19.4 Å². The van der Waals surface area contributed by atoms with Crippen molar-refractivity contribution in [3.05, 3.63) is 47.1 Å². The molecule has 1 aromatic heterocycles. The maximum atomic E-state index is 12.6. The fraction of sp³-hybridized carbons (Fsp3) is 0.526. The molecule has 0 aliphatic carbocycles. The number of piperazine rings is 1. The van der Waals surface area contributed by atoms with E-state index in [0.717, 1.165) is 56.8 Å². The quantitative estimate of drug-likeness (QED) is 0.807. The van der Waals surface area contributed by atoms with Crippen molar-refractivity contribution in [2.24, 2.45) is 0 Å². The summed E-state index contributed by atoms with van der Waals surface area (Å²) in [5.74, 6) is 1.56. The van der Waals surface area contributed by atoms with Crippen LogP contribution < -0.4 is 0 Å². The van der Waals surface area contributed by atoms with Gasteiger partial charge in [0, 0.05) is 38.2 Å². The Bertz CT molecular complexity index is 688. The van der Waals surface area contributed by atoms with E-state index in [-0.39, 0.29) is 5.91 Å². The highest BCUT2D eigenvalue weighted by Crippen LogP contribution is 2.12. The molecule has 0 N–H and O–H groups in total. The number of rotatable bonds is 6. The number of hydrogen-bond donors (Lipinski definition) is 0. The third kappa shape index (κ3) is 4.45. The predicted molar refractivity (Wildman–Crippen MR) is 95.3 cm³/mol. The lowest BCUT2D eigenvalue weighted by molar-refractivity contribution is 0.0615. The zero-order chi connectivity index (χ0) is 17.6. The second-order valence-electron chi connectivity index (χ2n) is 6.47. The fourth-order valence-electron chi connectivity index (χ4n) is 3.05. The summed E-state index contributed by atoms with van der Waals surface area (Å²) in [4.78, 5) is 21.2. The van der Waals surface area contributed by atoms with Crippen molar-refractivity contribution in [3.63, 3.8) is 0 Å². The van der Waals surface area contributed by atoms with Gasteiger partial charge in [0.05, 0.1) is 6.54 Å². The molecule has 1 amide bonds.